The van der Waals surface area contributed by atoms with Crippen LogP contribution in [0, 0.1) is 0 Å². The van der Waals surface area contributed by atoms with Crippen LogP contribution in [0.3, 0.4) is 0 Å². The van der Waals surface area contributed by atoms with Crippen molar-refractivity contribution >= 4 is 24.1 Å². The molecule has 0 fully saturated rings. The van der Waals surface area contributed by atoms with E-state index in [0.29, 0.717) is 0 Å². The normalized spacial score (nSPS) is 8.88. The number of rotatable bonds is 5. The number of aliphatic carboxylic acids is 1. The van der Waals surface area contributed by atoms with E-state index in [1.54, 1.807) is 27.7 Å². The summed E-state index contributed by atoms with van der Waals surface area (Å²) in [7, 11) is 2.55. The topological polar surface area (TPSA) is 125 Å². The van der Waals surface area contributed by atoms with Crippen LogP contribution in [0.1, 0.15) is 47.5 Å². The Kier molecular flexibility index (Phi) is 18.9. The molecule has 1 N–H and O–H groups in total. The maximum atomic E-state index is 10.6. The van der Waals surface area contributed by atoms with Gasteiger partial charge in [-0.2, -0.15) is 0 Å². The molecule has 0 bridgehead atoms. The van der Waals surface area contributed by atoms with Crippen LogP contribution < -0.4 is 0 Å². The number of hydrogen-bond donors (Lipinski definition) is 1. The molecule has 0 spiro atoms. The Morgan fingerprint density at radius 2 is 1.04 bits per heavy atom. The molecule has 9 heteroatoms. The number of carboxylic acid groups (broad SMARTS) is 1. The predicted octanol–water partition coefficient (Wildman–Crippen LogP) is 2.16. The minimum atomic E-state index is -0.833. The highest BCUT2D eigenvalue weighted by atomic mass is 16.7. The van der Waals surface area contributed by atoms with E-state index in [1.165, 1.54) is 14.2 Å². The van der Waals surface area contributed by atoms with E-state index < -0.39 is 24.1 Å². The summed E-state index contributed by atoms with van der Waals surface area (Å²) in [5, 5.41) is 7.42. The molecule has 0 aliphatic rings. The second-order valence-electron chi connectivity index (χ2n) is 4.75. The molecule has 0 radical (unpaired) electrons. The lowest BCUT2D eigenvalue weighted by Gasteiger charge is -2.10. The second-order valence-corrected chi connectivity index (χ2v) is 4.75. The van der Waals surface area contributed by atoms with Gasteiger partial charge in [0.15, 0.2) is 0 Å². The number of carboxylic acids is 1. The van der Waals surface area contributed by atoms with Gasteiger partial charge in [-0.05, 0) is 27.7 Å². The monoisotopic (exact) mass is 352 g/mol. The molecule has 0 aliphatic carbocycles. The summed E-state index contributed by atoms with van der Waals surface area (Å²) in [6.07, 6.45) is -0.630. The van der Waals surface area contributed by atoms with Crippen molar-refractivity contribution in [2.75, 3.05) is 14.2 Å². The largest absolute Gasteiger partial charge is 0.508 e. The van der Waals surface area contributed by atoms with E-state index in [0.717, 1.165) is 6.92 Å². The Balaban J connectivity index is -0.000000301. The van der Waals surface area contributed by atoms with E-state index in [9.17, 15) is 14.4 Å². The standard InChI is InChI=1S/C7H14O3.C6H10O4.C2H4O2/c1-5(2)9-7(8)10-6(3)4;1-9-5(7)3-4-6(8)10-2;1-2(3)4/h5-6H,1-4H3;3-4H2,1-2H3;1H3,(H,3,4). The lowest BCUT2D eigenvalue weighted by molar-refractivity contribution is -0.147. The Labute approximate surface area is 142 Å². The molecular weight excluding hydrogens is 324 g/mol. The molecule has 9 nitrogen and oxygen atoms in total. The fraction of sp³-hybridized carbons (Fsp3) is 0.733. The molecule has 0 heterocycles. The summed E-state index contributed by atoms with van der Waals surface area (Å²) in [6, 6.07) is 0. The zero-order valence-corrected chi connectivity index (χ0v) is 15.3. The van der Waals surface area contributed by atoms with Crippen molar-refractivity contribution in [3.05, 3.63) is 0 Å². The molecule has 0 aromatic rings. The van der Waals surface area contributed by atoms with E-state index in [2.05, 4.69) is 9.47 Å². The maximum absolute atomic E-state index is 10.6. The van der Waals surface area contributed by atoms with Crippen LogP contribution in [0.25, 0.3) is 0 Å². The molecule has 0 unspecified atom stereocenters. The molecule has 0 aromatic heterocycles. The lowest BCUT2D eigenvalue weighted by Crippen LogP contribution is -2.16. The third kappa shape index (κ3) is 31.9. The van der Waals surface area contributed by atoms with Crippen molar-refractivity contribution in [1.29, 1.82) is 0 Å². The fourth-order valence-electron chi connectivity index (χ4n) is 0.821. The molecule has 0 saturated heterocycles. The Hall–Kier alpha value is -2.32. The van der Waals surface area contributed by atoms with Crippen LogP contribution >= 0.6 is 0 Å². The average Bonchev–Trinajstić information content (AvgIpc) is 2.42. The van der Waals surface area contributed by atoms with E-state index in [1.807, 2.05) is 0 Å². The van der Waals surface area contributed by atoms with Gasteiger partial charge in [-0.1, -0.05) is 0 Å². The molecule has 142 valence electrons. The van der Waals surface area contributed by atoms with Gasteiger partial charge in [-0.25, -0.2) is 4.79 Å². The van der Waals surface area contributed by atoms with E-state index in [4.69, 9.17) is 19.4 Å². The van der Waals surface area contributed by atoms with Crippen molar-refractivity contribution in [1.82, 2.24) is 0 Å². The van der Waals surface area contributed by atoms with Crippen molar-refractivity contribution in [3.8, 4) is 0 Å². The first-order valence-electron chi connectivity index (χ1n) is 7.16. The Morgan fingerprint density at radius 1 is 0.792 bits per heavy atom. The summed E-state index contributed by atoms with van der Waals surface area (Å²) >= 11 is 0. The van der Waals surface area contributed by atoms with Gasteiger partial charge >= 0.3 is 18.1 Å². The minimum Gasteiger partial charge on any atom is -0.481 e. The highest BCUT2D eigenvalue weighted by Gasteiger charge is 2.07. The molecule has 24 heavy (non-hydrogen) atoms. The number of carbonyl (C=O) groups is 4. The van der Waals surface area contributed by atoms with Crippen LogP contribution in [-0.4, -0.2) is 55.6 Å². The van der Waals surface area contributed by atoms with Crippen molar-refractivity contribution in [2.24, 2.45) is 0 Å². The molecule has 0 atom stereocenters. The van der Waals surface area contributed by atoms with Gasteiger partial charge < -0.3 is 24.1 Å². The van der Waals surface area contributed by atoms with Gasteiger partial charge in [0.1, 0.15) is 0 Å². The zero-order valence-electron chi connectivity index (χ0n) is 15.3. The van der Waals surface area contributed by atoms with Crippen molar-refractivity contribution < 1.29 is 43.2 Å². The number of methoxy groups -OCH3 is 2. The van der Waals surface area contributed by atoms with Crippen molar-refractivity contribution in [3.63, 3.8) is 0 Å². The first-order chi connectivity index (χ1) is 11.0. The third-order valence-electron chi connectivity index (χ3n) is 1.65. The fourth-order valence-corrected chi connectivity index (χ4v) is 0.821. The van der Waals surface area contributed by atoms with Gasteiger partial charge in [0.25, 0.3) is 5.97 Å². The van der Waals surface area contributed by atoms with Crippen LogP contribution in [0.2, 0.25) is 0 Å². The van der Waals surface area contributed by atoms with Gasteiger partial charge in [0.05, 0.1) is 39.3 Å². The van der Waals surface area contributed by atoms with Gasteiger partial charge in [-0.15, -0.1) is 0 Å². The number of hydrogen-bond acceptors (Lipinski definition) is 8. The van der Waals surface area contributed by atoms with E-state index in [-0.39, 0.29) is 25.0 Å². The van der Waals surface area contributed by atoms with Crippen LogP contribution in [0.5, 0.6) is 0 Å². The minimum absolute atomic E-state index is 0.0865. The second kappa shape index (κ2) is 17.0. The van der Waals surface area contributed by atoms with E-state index >= 15 is 0 Å². The lowest BCUT2D eigenvalue weighted by atomic mass is 10.3. The van der Waals surface area contributed by atoms with Gasteiger partial charge in [0.2, 0.25) is 0 Å². The smallest absolute Gasteiger partial charge is 0.481 e. The maximum Gasteiger partial charge on any atom is 0.508 e. The molecule has 0 saturated carbocycles. The first kappa shape index (κ1) is 26.6. The summed E-state index contributed by atoms with van der Waals surface area (Å²) in [6.45, 7) is 8.20. The third-order valence-corrected chi connectivity index (χ3v) is 1.65. The van der Waals surface area contributed by atoms with Gasteiger partial charge in [0, 0.05) is 6.92 Å². The van der Waals surface area contributed by atoms with Crippen LogP contribution in [0.15, 0.2) is 0 Å². The molecular formula is C15H28O9. The predicted molar refractivity (Wildman–Crippen MR) is 84.4 cm³/mol. The SMILES string of the molecule is CC(=O)O.CC(C)OC(=O)OC(C)C.COC(=O)CCC(=O)OC. The molecule has 0 rings (SSSR count). The number of carbonyl (C=O) groups excluding carboxylic acids is 3. The molecule has 0 aromatic carbocycles. The Bertz CT molecular complexity index is 343. The van der Waals surface area contributed by atoms with Gasteiger partial charge in [-0.3, -0.25) is 14.4 Å². The summed E-state index contributed by atoms with van der Waals surface area (Å²) in [5.74, 6) is -1.63. The van der Waals surface area contributed by atoms with Crippen molar-refractivity contribution in [2.45, 2.75) is 59.7 Å². The zero-order chi connectivity index (χ0) is 19.7. The molecule has 0 amide bonds. The van der Waals surface area contributed by atoms with Crippen LogP contribution in [0.4, 0.5) is 4.79 Å². The number of ether oxygens (including phenoxy) is 4. The van der Waals surface area contributed by atoms with Crippen LogP contribution in [-0.2, 0) is 33.3 Å². The summed E-state index contributed by atoms with van der Waals surface area (Å²) in [4.78, 5) is 40.4. The molecule has 0 aliphatic heterocycles. The summed E-state index contributed by atoms with van der Waals surface area (Å²) in [5.41, 5.74) is 0. The summed E-state index contributed by atoms with van der Waals surface area (Å²) < 4.78 is 18.0. The number of esters is 2. The first-order valence-corrected chi connectivity index (χ1v) is 7.16. The average molecular weight is 352 g/mol. The Morgan fingerprint density at radius 3 is 1.21 bits per heavy atom. The highest BCUT2D eigenvalue weighted by molar-refractivity contribution is 5.77. The highest BCUT2D eigenvalue weighted by Crippen LogP contribution is 1.96. The quantitative estimate of drug-likeness (QED) is 0.585.